The van der Waals surface area contributed by atoms with Crippen LogP contribution in [0.5, 0.6) is 0 Å². The summed E-state index contributed by atoms with van der Waals surface area (Å²) in [6.45, 7) is 3.87. The number of anilines is 1. The summed E-state index contributed by atoms with van der Waals surface area (Å²) in [6, 6.07) is 15.1. The van der Waals surface area contributed by atoms with Gasteiger partial charge in [-0.05, 0) is 37.1 Å². The molecular formula is C21H23N3O3S. The molecule has 2 aromatic rings. The molecule has 1 heterocycles. The fourth-order valence-electron chi connectivity index (χ4n) is 3.01. The van der Waals surface area contributed by atoms with E-state index in [1.165, 1.54) is 16.7 Å². The third-order valence-electron chi connectivity index (χ3n) is 4.44. The lowest BCUT2D eigenvalue weighted by atomic mass is 10.1. The molecule has 1 unspecified atom stereocenters. The molecule has 6 nitrogen and oxygen atoms in total. The summed E-state index contributed by atoms with van der Waals surface area (Å²) in [4.78, 5) is 31.3. The summed E-state index contributed by atoms with van der Waals surface area (Å²) in [7, 11) is 0. The summed E-state index contributed by atoms with van der Waals surface area (Å²) >= 11 is 1.26. The van der Waals surface area contributed by atoms with Crippen LogP contribution in [0.1, 0.15) is 17.5 Å². The summed E-state index contributed by atoms with van der Waals surface area (Å²) in [5, 5.41) is 12.2. The van der Waals surface area contributed by atoms with Crippen LogP contribution >= 0.6 is 11.8 Å². The molecule has 0 radical (unpaired) electrons. The number of carbonyl (C=O) groups excluding carboxylic acids is 2. The van der Waals surface area contributed by atoms with Crippen LogP contribution in [-0.4, -0.2) is 45.4 Å². The van der Waals surface area contributed by atoms with E-state index in [9.17, 15) is 14.7 Å². The number of nitrogens with one attached hydrogen (secondary N) is 1. The van der Waals surface area contributed by atoms with Crippen molar-refractivity contribution < 1.29 is 14.7 Å². The number of aliphatic hydroxyl groups excluding tert-OH is 1. The van der Waals surface area contributed by atoms with Gasteiger partial charge in [0.05, 0.1) is 18.8 Å². The summed E-state index contributed by atoms with van der Waals surface area (Å²) in [5.41, 5.74) is 3.47. The molecule has 1 fully saturated rings. The number of aliphatic hydroxyl groups is 1. The largest absolute Gasteiger partial charge is 0.395 e. The lowest BCUT2D eigenvalue weighted by molar-refractivity contribution is -0.128. The maximum Gasteiger partial charge on any atom is 0.242 e. The van der Waals surface area contributed by atoms with Gasteiger partial charge in [-0.15, -0.1) is 0 Å². The molecule has 1 saturated heterocycles. The van der Waals surface area contributed by atoms with Crippen LogP contribution in [0.4, 0.5) is 11.4 Å². The molecule has 28 heavy (non-hydrogen) atoms. The number of hydrogen-bond acceptors (Lipinski definition) is 5. The van der Waals surface area contributed by atoms with Crippen molar-refractivity contribution in [3.63, 3.8) is 0 Å². The Morgan fingerprint density at radius 3 is 2.46 bits per heavy atom. The van der Waals surface area contributed by atoms with Gasteiger partial charge in [-0.25, -0.2) is 4.99 Å². The Hall–Kier alpha value is -2.64. The molecule has 2 amide bonds. The Morgan fingerprint density at radius 1 is 1.14 bits per heavy atom. The molecule has 0 spiro atoms. The normalized spacial score (nSPS) is 18.0. The first kappa shape index (κ1) is 20.1. The summed E-state index contributed by atoms with van der Waals surface area (Å²) in [6.07, 6.45) is 0.0486. The average molecular weight is 398 g/mol. The number of nitrogens with zero attached hydrogens (tertiary/aromatic N) is 2. The number of hydrogen-bond donors (Lipinski definition) is 2. The molecule has 0 aliphatic carbocycles. The monoisotopic (exact) mass is 397 g/mol. The van der Waals surface area contributed by atoms with Crippen molar-refractivity contribution in [2.24, 2.45) is 4.99 Å². The van der Waals surface area contributed by atoms with Crippen LogP contribution in [0.3, 0.4) is 0 Å². The predicted octanol–water partition coefficient (Wildman–Crippen LogP) is 3.26. The molecule has 0 bridgehead atoms. The molecule has 2 aromatic carbocycles. The highest BCUT2D eigenvalue weighted by atomic mass is 32.2. The molecule has 0 aromatic heterocycles. The number of amides is 2. The highest BCUT2D eigenvalue weighted by molar-refractivity contribution is 8.15. The first-order valence-electron chi connectivity index (χ1n) is 9.08. The van der Waals surface area contributed by atoms with E-state index in [2.05, 4.69) is 10.3 Å². The van der Waals surface area contributed by atoms with Crippen molar-refractivity contribution in [1.82, 2.24) is 4.90 Å². The van der Waals surface area contributed by atoms with Gasteiger partial charge in [0.2, 0.25) is 11.8 Å². The molecule has 3 rings (SSSR count). The number of amidine groups is 1. The fourth-order valence-corrected chi connectivity index (χ4v) is 4.20. The number of β-amino-alcohol motifs (C(OH)–C–C–N with tert-alkyl or cyclic N) is 1. The molecule has 146 valence electrons. The van der Waals surface area contributed by atoms with Gasteiger partial charge in [-0.3, -0.25) is 14.5 Å². The minimum absolute atomic E-state index is 0.0486. The van der Waals surface area contributed by atoms with E-state index in [1.54, 1.807) is 0 Å². The second-order valence-corrected chi connectivity index (χ2v) is 7.74. The van der Waals surface area contributed by atoms with E-state index in [4.69, 9.17) is 0 Å². The van der Waals surface area contributed by atoms with Gasteiger partial charge in [0.25, 0.3) is 0 Å². The van der Waals surface area contributed by atoms with Crippen LogP contribution in [0.25, 0.3) is 0 Å². The van der Waals surface area contributed by atoms with Gasteiger partial charge >= 0.3 is 0 Å². The van der Waals surface area contributed by atoms with Crippen LogP contribution in [0.2, 0.25) is 0 Å². The van der Waals surface area contributed by atoms with Crippen molar-refractivity contribution in [2.45, 2.75) is 25.5 Å². The molecule has 1 atom stereocenters. The van der Waals surface area contributed by atoms with Crippen LogP contribution in [0.15, 0.2) is 53.5 Å². The van der Waals surface area contributed by atoms with E-state index in [0.29, 0.717) is 5.17 Å². The van der Waals surface area contributed by atoms with Crippen molar-refractivity contribution in [2.75, 3.05) is 18.5 Å². The van der Waals surface area contributed by atoms with E-state index in [0.717, 1.165) is 22.5 Å². The number of benzene rings is 2. The predicted molar refractivity (Wildman–Crippen MR) is 113 cm³/mol. The first-order chi connectivity index (χ1) is 13.5. The topological polar surface area (TPSA) is 82.0 Å². The standard InChI is InChI=1S/C21H23N3O3S/c1-14-7-6-8-15(2)19(14)23-18(26)13-17-20(27)24(11-12-25)21(28-17)22-16-9-4-3-5-10-16/h3-10,17,25H,11-13H2,1-2H3,(H,23,26). The Morgan fingerprint density at radius 2 is 1.82 bits per heavy atom. The van der Waals surface area contributed by atoms with Crippen LogP contribution in [-0.2, 0) is 9.59 Å². The second-order valence-electron chi connectivity index (χ2n) is 6.57. The third kappa shape index (κ3) is 4.61. The summed E-state index contributed by atoms with van der Waals surface area (Å²) in [5.74, 6) is -0.418. The Labute approximate surface area is 168 Å². The van der Waals surface area contributed by atoms with E-state index in [1.807, 2.05) is 62.4 Å². The zero-order valence-corrected chi connectivity index (χ0v) is 16.7. The Balaban J connectivity index is 1.74. The van der Waals surface area contributed by atoms with Crippen molar-refractivity contribution in [1.29, 1.82) is 0 Å². The molecule has 0 saturated carbocycles. The van der Waals surface area contributed by atoms with E-state index < -0.39 is 5.25 Å². The zero-order chi connectivity index (χ0) is 20.1. The van der Waals surface area contributed by atoms with Crippen LogP contribution < -0.4 is 5.32 Å². The second kappa shape index (κ2) is 9.03. The molecule has 7 heteroatoms. The third-order valence-corrected chi connectivity index (χ3v) is 5.62. The number of rotatable bonds is 6. The number of aryl methyl sites for hydroxylation is 2. The maximum absolute atomic E-state index is 12.8. The fraction of sp³-hybridized carbons (Fsp3) is 0.286. The van der Waals surface area contributed by atoms with E-state index in [-0.39, 0.29) is 31.4 Å². The van der Waals surface area contributed by atoms with Gasteiger partial charge in [0.1, 0.15) is 5.25 Å². The average Bonchev–Trinajstić information content (AvgIpc) is 2.95. The Bertz CT molecular complexity index is 879. The number of aliphatic imine (C=N–C) groups is 1. The smallest absolute Gasteiger partial charge is 0.242 e. The van der Waals surface area contributed by atoms with Crippen molar-refractivity contribution >= 4 is 40.1 Å². The SMILES string of the molecule is Cc1cccc(C)c1NC(=O)CC1SC(=Nc2ccccc2)N(CCO)C1=O. The quantitative estimate of drug-likeness (QED) is 0.784. The zero-order valence-electron chi connectivity index (χ0n) is 15.9. The number of carbonyl (C=O) groups is 2. The molecular weight excluding hydrogens is 374 g/mol. The Kier molecular flexibility index (Phi) is 6.49. The first-order valence-corrected chi connectivity index (χ1v) is 9.96. The lowest BCUT2D eigenvalue weighted by Gasteiger charge is -2.15. The minimum atomic E-state index is -0.557. The highest BCUT2D eigenvalue weighted by Gasteiger charge is 2.38. The molecule has 1 aliphatic heterocycles. The lowest BCUT2D eigenvalue weighted by Crippen LogP contribution is -2.35. The minimum Gasteiger partial charge on any atom is -0.395 e. The summed E-state index contributed by atoms with van der Waals surface area (Å²) < 4.78 is 0. The van der Waals surface area contributed by atoms with E-state index >= 15 is 0 Å². The van der Waals surface area contributed by atoms with Gasteiger partial charge in [-0.1, -0.05) is 48.2 Å². The number of para-hydroxylation sites is 2. The number of thioether (sulfide) groups is 1. The van der Waals surface area contributed by atoms with Crippen LogP contribution in [0, 0.1) is 13.8 Å². The van der Waals surface area contributed by atoms with Gasteiger partial charge in [0, 0.05) is 12.1 Å². The molecule has 2 N–H and O–H groups in total. The maximum atomic E-state index is 12.8. The van der Waals surface area contributed by atoms with Gasteiger partial charge in [0.15, 0.2) is 5.17 Å². The van der Waals surface area contributed by atoms with Gasteiger partial charge < -0.3 is 10.4 Å². The molecule has 1 aliphatic rings. The van der Waals surface area contributed by atoms with Gasteiger partial charge in [-0.2, -0.15) is 0 Å². The van der Waals surface area contributed by atoms with Crippen molar-refractivity contribution in [3.05, 3.63) is 59.7 Å². The highest BCUT2D eigenvalue weighted by Crippen LogP contribution is 2.32. The van der Waals surface area contributed by atoms with Crippen molar-refractivity contribution in [3.8, 4) is 0 Å².